The van der Waals surface area contributed by atoms with Crippen molar-refractivity contribution in [3.8, 4) is 0 Å². The molecule has 4 nitrogen and oxygen atoms in total. The number of halogens is 1. The van der Waals surface area contributed by atoms with Crippen LogP contribution in [0.25, 0.3) is 0 Å². The Labute approximate surface area is 154 Å². The Morgan fingerprint density at radius 1 is 1.17 bits per heavy atom. The molecule has 0 saturated carbocycles. The van der Waals surface area contributed by atoms with Gasteiger partial charge in [-0.1, -0.05) is 18.2 Å². The fraction of sp³-hybridized carbons (Fsp3) is 0.389. The number of hydrogen-bond donors (Lipinski definition) is 2. The second-order valence-electron chi connectivity index (χ2n) is 5.64. The van der Waals surface area contributed by atoms with Crippen LogP contribution in [0.15, 0.2) is 46.0 Å². The lowest BCUT2D eigenvalue weighted by Crippen LogP contribution is -2.37. The van der Waals surface area contributed by atoms with E-state index < -0.39 is 0 Å². The lowest BCUT2D eigenvalue weighted by Gasteiger charge is -2.12. The zero-order chi connectivity index (χ0) is 15.2. The number of aryl methyl sites for hydroxylation is 2. The maximum absolute atomic E-state index is 5.32. The van der Waals surface area contributed by atoms with Crippen LogP contribution in [0, 0.1) is 0 Å². The van der Waals surface area contributed by atoms with E-state index in [4.69, 9.17) is 4.42 Å². The number of aliphatic imine (C=N–C) groups is 1. The first-order chi connectivity index (χ1) is 10.8. The van der Waals surface area contributed by atoms with E-state index in [1.165, 1.54) is 36.0 Å². The van der Waals surface area contributed by atoms with Crippen molar-refractivity contribution < 1.29 is 4.42 Å². The number of nitrogens with one attached hydrogen (secondary N) is 2. The summed E-state index contributed by atoms with van der Waals surface area (Å²) in [7, 11) is 1.80. The van der Waals surface area contributed by atoms with Crippen LogP contribution < -0.4 is 10.6 Å². The number of fused-ring (bicyclic) bond motifs is 1. The minimum absolute atomic E-state index is 0. The molecule has 0 fully saturated rings. The van der Waals surface area contributed by atoms with Gasteiger partial charge in [0, 0.05) is 26.6 Å². The molecule has 5 heteroatoms. The highest BCUT2D eigenvalue weighted by Crippen LogP contribution is 2.22. The lowest BCUT2D eigenvalue weighted by molar-refractivity contribution is 0.507. The van der Waals surface area contributed by atoms with Gasteiger partial charge < -0.3 is 15.1 Å². The summed E-state index contributed by atoms with van der Waals surface area (Å²) < 4.78 is 5.32. The molecule has 0 unspecified atom stereocenters. The molecule has 0 spiro atoms. The van der Waals surface area contributed by atoms with Crippen LogP contribution >= 0.6 is 24.0 Å². The van der Waals surface area contributed by atoms with Crippen LogP contribution in [0.2, 0.25) is 0 Å². The molecule has 1 aromatic heterocycles. The Bertz CT molecular complexity index is 638. The third-order valence-electron chi connectivity index (χ3n) is 4.09. The smallest absolute Gasteiger partial charge is 0.191 e. The maximum Gasteiger partial charge on any atom is 0.191 e. The Hall–Kier alpha value is -1.50. The van der Waals surface area contributed by atoms with E-state index in [2.05, 4.69) is 33.8 Å². The molecule has 1 aromatic carbocycles. The fourth-order valence-corrected chi connectivity index (χ4v) is 2.90. The van der Waals surface area contributed by atoms with Crippen molar-refractivity contribution >= 4 is 29.9 Å². The molecule has 23 heavy (non-hydrogen) atoms. The molecule has 2 N–H and O–H groups in total. The first-order valence-electron chi connectivity index (χ1n) is 7.93. The van der Waals surface area contributed by atoms with Gasteiger partial charge in [-0.3, -0.25) is 4.99 Å². The van der Waals surface area contributed by atoms with E-state index in [1.807, 2.05) is 12.1 Å². The van der Waals surface area contributed by atoms with Crippen LogP contribution in [0.3, 0.4) is 0 Å². The van der Waals surface area contributed by atoms with E-state index in [0.717, 1.165) is 31.2 Å². The Kier molecular flexibility index (Phi) is 6.95. The zero-order valence-electron chi connectivity index (χ0n) is 13.5. The Morgan fingerprint density at radius 3 is 2.83 bits per heavy atom. The zero-order valence-corrected chi connectivity index (χ0v) is 15.8. The van der Waals surface area contributed by atoms with Crippen molar-refractivity contribution in [3.63, 3.8) is 0 Å². The standard InChI is InChI=1S/C18H23N3O.HI/c1-19-18(20-10-9-17-6-3-11-22-17)21-13-14-7-8-15-4-2-5-16(15)12-14;/h3,6-8,11-12H,2,4-5,9-10,13H2,1H3,(H2,19,20,21);1H. The average molecular weight is 425 g/mol. The van der Waals surface area contributed by atoms with E-state index in [1.54, 1.807) is 13.3 Å². The summed E-state index contributed by atoms with van der Waals surface area (Å²) in [5.41, 5.74) is 4.35. The van der Waals surface area contributed by atoms with Crippen LogP contribution in [-0.4, -0.2) is 19.6 Å². The summed E-state index contributed by atoms with van der Waals surface area (Å²) >= 11 is 0. The second-order valence-corrected chi connectivity index (χ2v) is 5.64. The first kappa shape index (κ1) is 17.8. The molecule has 0 bridgehead atoms. The molecule has 0 aliphatic heterocycles. The number of benzene rings is 1. The number of rotatable bonds is 5. The number of guanidine groups is 1. The summed E-state index contributed by atoms with van der Waals surface area (Å²) in [4.78, 5) is 4.26. The molecule has 3 rings (SSSR count). The Balaban J connectivity index is 0.00000192. The summed E-state index contributed by atoms with van der Waals surface area (Å²) in [5.74, 6) is 1.81. The van der Waals surface area contributed by atoms with Crippen molar-refractivity contribution in [1.29, 1.82) is 0 Å². The predicted octanol–water partition coefficient (Wildman–Crippen LogP) is 3.29. The Morgan fingerprint density at radius 2 is 2.04 bits per heavy atom. The van der Waals surface area contributed by atoms with Crippen LogP contribution in [-0.2, 0) is 25.8 Å². The van der Waals surface area contributed by atoms with Crippen molar-refractivity contribution in [3.05, 3.63) is 59.0 Å². The van der Waals surface area contributed by atoms with Crippen molar-refractivity contribution in [2.45, 2.75) is 32.2 Å². The molecule has 2 aromatic rings. The molecule has 1 heterocycles. The van der Waals surface area contributed by atoms with Gasteiger partial charge in [-0.2, -0.15) is 0 Å². The minimum atomic E-state index is 0. The highest BCUT2D eigenvalue weighted by atomic mass is 127. The average Bonchev–Trinajstić information content (AvgIpc) is 3.21. The van der Waals surface area contributed by atoms with Gasteiger partial charge in [0.15, 0.2) is 5.96 Å². The molecule has 124 valence electrons. The maximum atomic E-state index is 5.32. The lowest BCUT2D eigenvalue weighted by atomic mass is 10.1. The van der Waals surface area contributed by atoms with Gasteiger partial charge in [0.05, 0.1) is 6.26 Å². The highest BCUT2D eigenvalue weighted by molar-refractivity contribution is 14.0. The van der Waals surface area contributed by atoms with Crippen molar-refractivity contribution in [2.75, 3.05) is 13.6 Å². The van der Waals surface area contributed by atoms with Crippen molar-refractivity contribution in [2.24, 2.45) is 4.99 Å². The SMILES string of the molecule is CN=C(NCCc1ccco1)NCc1ccc2c(c1)CCC2.I. The summed E-state index contributed by atoms with van der Waals surface area (Å²) in [6.45, 7) is 1.60. The van der Waals surface area contributed by atoms with Gasteiger partial charge >= 0.3 is 0 Å². The predicted molar refractivity (Wildman–Crippen MR) is 104 cm³/mol. The third-order valence-corrected chi connectivity index (χ3v) is 4.09. The molecule has 1 aliphatic carbocycles. The first-order valence-corrected chi connectivity index (χ1v) is 7.93. The van der Waals surface area contributed by atoms with E-state index in [9.17, 15) is 0 Å². The van der Waals surface area contributed by atoms with Gasteiger partial charge in [-0.25, -0.2) is 0 Å². The summed E-state index contributed by atoms with van der Waals surface area (Å²) in [6.07, 6.45) is 6.31. The van der Waals surface area contributed by atoms with Gasteiger partial charge in [-0.15, -0.1) is 24.0 Å². The van der Waals surface area contributed by atoms with Gasteiger partial charge in [0.2, 0.25) is 0 Å². The molecular formula is C18H24IN3O. The van der Waals surface area contributed by atoms with Crippen LogP contribution in [0.1, 0.15) is 28.9 Å². The molecular weight excluding hydrogens is 401 g/mol. The monoisotopic (exact) mass is 425 g/mol. The van der Waals surface area contributed by atoms with E-state index in [-0.39, 0.29) is 24.0 Å². The number of hydrogen-bond acceptors (Lipinski definition) is 2. The van der Waals surface area contributed by atoms with Crippen LogP contribution in [0.5, 0.6) is 0 Å². The number of furan rings is 1. The van der Waals surface area contributed by atoms with E-state index in [0.29, 0.717) is 0 Å². The molecule has 0 saturated heterocycles. The molecule has 0 radical (unpaired) electrons. The molecule has 0 amide bonds. The van der Waals surface area contributed by atoms with Gasteiger partial charge in [-0.05, 0) is 48.1 Å². The highest BCUT2D eigenvalue weighted by Gasteiger charge is 2.10. The van der Waals surface area contributed by atoms with Crippen LogP contribution in [0.4, 0.5) is 0 Å². The van der Waals surface area contributed by atoms with Crippen molar-refractivity contribution in [1.82, 2.24) is 10.6 Å². The topological polar surface area (TPSA) is 49.6 Å². The van der Waals surface area contributed by atoms with Gasteiger partial charge in [0.25, 0.3) is 0 Å². The number of nitrogens with zero attached hydrogens (tertiary/aromatic N) is 1. The van der Waals surface area contributed by atoms with E-state index >= 15 is 0 Å². The third kappa shape index (κ3) is 4.99. The second kappa shape index (κ2) is 8.96. The molecule has 1 aliphatic rings. The summed E-state index contributed by atoms with van der Waals surface area (Å²) in [6, 6.07) is 10.7. The minimum Gasteiger partial charge on any atom is -0.469 e. The molecule has 0 atom stereocenters. The van der Waals surface area contributed by atoms with Gasteiger partial charge in [0.1, 0.15) is 5.76 Å². The quantitative estimate of drug-likeness (QED) is 0.439. The normalized spacial score (nSPS) is 13.3. The summed E-state index contributed by atoms with van der Waals surface area (Å²) in [5, 5.41) is 6.67. The fourth-order valence-electron chi connectivity index (χ4n) is 2.90. The largest absolute Gasteiger partial charge is 0.469 e.